The highest BCUT2D eigenvalue weighted by Crippen LogP contribution is 2.21. The molecule has 0 atom stereocenters. The molecule has 98 valence electrons. The molecule has 0 aliphatic heterocycles. The van der Waals surface area contributed by atoms with Crippen LogP contribution in [0.3, 0.4) is 0 Å². The molecule has 0 N–H and O–H groups in total. The van der Waals surface area contributed by atoms with Crippen LogP contribution in [0.1, 0.15) is 32.8 Å². The van der Waals surface area contributed by atoms with Gasteiger partial charge in [0, 0.05) is 0 Å². The summed E-state index contributed by atoms with van der Waals surface area (Å²) in [4.78, 5) is 0. The van der Waals surface area contributed by atoms with E-state index in [9.17, 15) is 0 Å². The molecule has 0 saturated carbocycles. The van der Waals surface area contributed by atoms with Crippen molar-refractivity contribution >= 4 is 5.57 Å². The number of benzene rings is 1. The van der Waals surface area contributed by atoms with Crippen LogP contribution in [-0.4, -0.2) is 6.61 Å². The van der Waals surface area contributed by atoms with Gasteiger partial charge in [-0.05, 0) is 42.5 Å². The lowest BCUT2D eigenvalue weighted by Gasteiger charge is -2.09. The first-order chi connectivity index (χ1) is 9.08. The Labute approximate surface area is 114 Å². The molecule has 0 amide bonds. The predicted octanol–water partition coefficient (Wildman–Crippen LogP) is 3.93. The van der Waals surface area contributed by atoms with E-state index in [0.717, 1.165) is 17.7 Å². The third kappa shape index (κ3) is 4.48. The van der Waals surface area contributed by atoms with Crippen LogP contribution in [0.25, 0.3) is 5.57 Å². The van der Waals surface area contributed by atoms with Gasteiger partial charge in [-0.3, -0.25) is 0 Å². The second kappa shape index (κ2) is 7.24. The molecule has 0 saturated heterocycles. The molecule has 0 heterocycles. The van der Waals surface area contributed by atoms with Crippen molar-refractivity contribution in [3.63, 3.8) is 0 Å². The van der Waals surface area contributed by atoms with Crippen LogP contribution >= 0.6 is 0 Å². The van der Waals surface area contributed by atoms with Gasteiger partial charge in [-0.25, -0.2) is 0 Å². The Morgan fingerprint density at radius 2 is 1.74 bits per heavy atom. The molecule has 19 heavy (non-hydrogen) atoms. The number of hydrogen-bond acceptors (Lipinski definition) is 3. The minimum Gasteiger partial charge on any atom is -0.494 e. The summed E-state index contributed by atoms with van der Waals surface area (Å²) in [7, 11) is 0. The first kappa shape index (κ1) is 14.8. The molecule has 0 radical (unpaired) electrons. The van der Waals surface area contributed by atoms with E-state index in [1.807, 2.05) is 36.4 Å². The molecule has 0 spiro atoms. The summed E-state index contributed by atoms with van der Waals surface area (Å²) in [5, 5.41) is 17.7. The molecule has 1 rings (SSSR count). The maximum atomic E-state index is 8.83. The number of rotatable bonds is 5. The summed E-state index contributed by atoms with van der Waals surface area (Å²) in [6.45, 7) is 6.79. The zero-order chi connectivity index (χ0) is 14.3. The minimum atomic E-state index is 0.147. The van der Waals surface area contributed by atoms with Crippen LogP contribution in [0.4, 0.5) is 0 Å². The predicted molar refractivity (Wildman–Crippen MR) is 75.2 cm³/mol. The summed E-state index contributed by atoms with van der Waals surface area (Å²) in [5.41, 5.74) is 1.71. The van der Waals surface area contributed by atoms with Crippen LogP contribution < -0.4 is 4.74 Å². The SMILES string of the molecule is CC(=C(C#N)C#N)c1ccc(OCCC(C)C)cc1. The molecular formula is C16H18N2O. The molecule has 0 aliphatic rings. The van der Waals surface area contributed by atoms with Crippen molar-refractivity contribution in [1.82, 2.24) is 0 Å². The van der Waals surface area contributed by atoms with Crippen molar-refractivity contribution in [2.75, 3.05) is 6.61 Å². The zero-order valence-corrected chi connectivity index (χ0v) is 11.6. The summed E-state index contributed by atoms with van der Waals surface area (Å²) in [5.74, 6) is 1.44. The third-order valence-corrected chi connectivity index (χ3v) is 2.85. The third-order valence-electron chi connectivity index (χ3n) is 2.85. The van der Waals surface area contributed by atoms with Gasteiger partial charge in [0.15, 0.2) is 0 Å². The molecule has 3 nitrogen and oxygen atoms in total. The molecule has 1 aromatic rings. The quantitative estimate of drug-likeness (QED) is 0.748. The fourth-order valence-electron chi connectivity index (χ4n) is 1.55. The summed E-state index contributed by atoms with van der Waals surface area (Å²) in [6, 6.07) is 11.3. The van der Waals surface area contributed by atoms with Gasteiger partial charge in [0.05, 0.1) is 6.61 Å². The average molecular weight is 254 g/mol. The minimum absolute atomic E-state index is 0.147. The Kier molecular flexibility index (Phi) is 5.64. The molecule has 0 aliphatic carbocycles. The zero-order valence-electron chi connectivity index (χ0n) is 11.6. The normalized spacial score (nSPS) is 9.58. The molecule has 1 aromatic carbocycles. The first-order valence-corrected chi connectivity index (χ1v) is 6.32. The number of allylic oxidation sites excluding steroid dienone is 2. The summed E-state index contributed by atoms with van der Waals surface area (Å²) < 4.78 is 5.62. The van der Waals surface area contributed by atoms with E-state index in [4.69, 9.17) is 15.3 Å². The highest BCUT2D eigenvalue weighted by molar-refractivity contribution is 5.73. The first-order valence-electron chi connectivity index (χ1n) is 6.32. The van der Waals surface area contributed by atoms with Gasteiger partial charge in [-0.2, -0.15) is 10.5 Å². The Balaban J connectivity index is 2.75. The van der Waals surface area contributed by atoms with E-state index >= 15 is 0 Å². The average Bonchev–Trinajstić information content (AvgIpc) is 2.40. The van der Waals surface area contributed by atoms with Gasteiger partial charge in [0.1, 0.15) is 23.5 Å². The molecule has 0 aromatic heterocycles. The van der Waals surface area contributed by atoms with Crippen molar-refractivity contribution in [3.05, 3.63) is 35.4 Å². The number of nitrogens with zero attached hydrogens (tertiary/aromatic N) is 2. The second-order valence-electron chi connectivity index (χ2n) is 4.78. The standard InChI is InChI=1S/C16H18N2O/c1-12(2)8-9-19-16-6-4-14(5-7-16)13(3)15(10-17)11-18/h4-7,12H,8-9H2,1-3H3. The maximum absolute atomic E-state index is 8.83. The number of ether oxygens (including phenoxy) is 1. The van der Waals surface area contributed by atoms with Gasteiger partial charge in [0.25, 0.3) is 0 Å². The number of hydrogen-bond donors (Lipinski definition) is 0. The second-order valence-corrected chi connectivity index (χ2v) is 4.78. The summed E-state index contributed by atoms with van der Waals surface area (Å²) >= 11 is 0. The van der Waals surface area contributed by atoms with E-state index in [2.05, 4.69) is 13.8 Å². The Morgan fingerprint density at radius 3 is 2.21 bits per heavy atom. The fourth-order valence-corrected chi connectivity index (χ4v) is 1.55. The highest BCUT2D eigenvalue weighted by atomic mass is 16.5. The topological polar surface area (TPSA) is 56.8 Å². The van der Waals surface area contributed by atoms with Crippen molar-refractivity contribution in [2.24, 2.45) is 5.92 Å². The monoisotopic (exact) mass is 254 g/mol. The van der Waals surface area contributed by atoms with Crippen LogP contribution in [0.15, 0.2) is 29.8 Å². The summed E-state index contributed by atoms with van der Waals surface area (Å²) in [6.07, 6.45) is 1.02. The maximum Gasteiger partial charge on any atom is 0.133 e. The van der Waals surface area contributed by atoms with E-state index < -0.39 is 0 Å². The Hall–Kier alpha value is -2.26. The van der Waals surface area contributed by atoms with Crippen LogP contribution in [0.2, 0.25) is 0 Å². The lowest BCUT2D eigenvalue weighted by Crippen LogP contribution is -2.01. The Bertz CT molecular complexity index is 511. The van der Waals surface area contributed by atoms with Gasteiger partial charge < -0.3 is 4.74 Å². The van der Waals surface area contributed by atoms with Crippen molar-refractivity contribution < 1.29 is 4.74 Å². The lowest BCUT2D eigenvalue weighted by atomic mass is 10.0. The van der Waals surface area contributed by atoms with Crippen molar-refractivity contribution in [2.45, 2.75) is 27.2 Å². The molecular weight excluding hydrogens is 236 g/mol. The molecule has 0 bridgehead atoms. The highest BCUT2D eigenvalue weighted by Gasteiger charge is 2.04. The van der Waals surface area contributed by atoms with E-state index in [1.54, 1.807) is 6.92 Å². The van der Waals surface area contributed by atoms with E-state index in [0.29, 0.717) is 18.1 Å². The molecule has 0 unspecified atom stereocenters. The van der Waals surface area contributed by atoms with Gasteiger partial charge in [-0.1, -0.05) is 26.0 Å². The lowest BCUT2D eigenvalue weighted by molar-refractivity contribution is 0.289. The van der Waals surface area contributed by atoms with E-state index in [-0.39, 0.29) is 5.57 Å². The van der Waals surface area contributed by atoms with Crippen LogP contribution in [0.5, 0.6) is 5.75 Å². The van der Waals surface area contributed by atoms with Crippen molar-refractivity contribution in [3.8, 4) is 17.9 Å². The van der Waals surface area contributed by atoms with E-state index in [1.165, 1.54) is 0 Å². The Morgan fingerprint density at radius 1 is 1.16 bits per heavy atom. The van der Waals surface area contributed by atoms with Crippen molar-refractivity contribution in [1.29, 1.82) is 10.5 Å². The number of nitriles is 2. The van der Waals surface area contributed by atoms with Crippen LogP contribution in [0, 0.1) is 28.6 Å². The smallest absolute Gasteiger partial charge is 0.133 e. The molecule has 3 heteroatoms. The molecule has 0 fully saturated rings. The van der Waals surface area contributed by atoms with Crippen LogP contribution in [-0.2, 0) is 0 Å². The van der Waals surface area contributed by atoms with Gasteiger partial charge in [-0.15, -0.1) is 0 Å². The van der Waals surface area contributed by atoms with Gasteiger partial charge >= 0.3 is 0 Å². The van der Waals surface area contributed by atoms with Gasteiger partial charge in [0.2, 0.25) is 0 Å². The largest absolute Gasteiger partial charge is 0.494 e. The fraction of sp³-hybridized carbons (Fsp3) is 0.375.